The number of carbonyl (C=O) groups excluding carboxylic acids is 1. The van der Waals surface area contributed by atoms with Crippen LogP contribution in [0.5, 0.6) is 0 Å². The number of nitrogens with zero attached hydrogens (tertiary/aromatic N) is 1. The van der Waals surface area contributed by atoms with E-state index in [2.05, 4.69) is 19.9 Å². The summed E-state index contributed by atoms with van der Waals surface area (Å²) in [5.74, 6) is 0.147. The lowest BCUT2D eigenvalue weighted by atomic mass is 9.55. The molecule has 3 aliphatic rings. The smallest absolute Gasteiger partial charge is 0.335 e. The van der Waals surface area contributed by atoms with Crippen molar-refractivity contribution < 1.29 is 19.0 Å². The van der Waals surface area contributed by atoms with Gasteiger partial charge in [-0.25, -0.2) is 4.79 Å². The van der Waals surface area contributed by atoms with E-state index in [1.54, 1.807) is 6.92 Å². The van der Waals surface area contributed by atoms with Crippen LogP contribution >= 0.6 is 0 Å². The lowest BCUT2D eigenvalue weighted by molar-refractivity contribution is -0.182. The van der Waals surface area contributed by atoms with E-state index in [1.165, 1.54) is 7.11 Å². The maximum atomic E-state index is 12.3. The van der Waals surface area contributed by atoms with Gasteiger partial charge in [0.2, 0.25) is 0 Å². The van der Waals surface area contributed by atoms with Crippen molar-refractivity contribution in [3.8, 4) is 6.07 Å². The quantitative estimate of drug-likeness (QED) is 0.454. The predicted octanol–water partition coefficient (Wildman–Crippen LogP) is 2.22. The maximum Gasteiger partial charge on any atom is 0.335 e. The number of rotatable bonds is 3. The van der Waals surface area contributed by atoms with Crippen LogP contribution in [0.2, 0.25) is 0 Å². The minimum absolute atomic E-state index is 0.0742. The molecule has 120 valence electrons. The number of ether oxygens (including phenoxy) is 3. The average molecular weight is 305 g/mol. The van der Waals surface area contributed by atoms with E-state index in [4.69, 9.17) is 14.2 Å². The number of methoxy groups -OCH3 is 1. The molecule has 0 aromatic heterocycles. The van der Waals surface area contributed by atoms with E-state index in [1.807, 2.05) is 12.2 Å². The van der Waals surface area contributed by atoms with Gasteiger partial charge in [-0.3, -0.25) is 0 Å². The van der Waals surface area contributed by atoms with Crippen molar-refractivity contribution in [1.82, 2.24) is 0 Å². The monoisotopic (exact) mass is 305 g/mol. The Labute approximate surface area is 131 Å². The van der Waals surface area contributed by atoms with Gasteiger partial charge in [0.25, 0.3) is 0 Å². The highest BCUT2D eigenvalue weighted by Crippen LogP contribution is 2.61. The predicted molar refractivity (Wildman–Crippen MR) is 78.7 cm³/mol. The minimum Gasteiger partial charge on any atom is -0.448 e. The van der Waals surface area contributed by atoms with E-state index in [0.717, 1.165) is 0 Å². The standard InChI is InChI=1S/C17H23NO4/c1-10-5-6-17(22-15(19)12(3)20-4)14-13(21-14)11(2)8-16(17,7-10)9-18/h5-6,10-14H,7-8H2,1-4H3/t10-,11-,12+,13+,14+,16-,17+/m1/s1. The summed E-state index contributed by atoms with van der Waals surface area (Å²) in [7, 11) is 1.47. The molecule has 2 fully saturated rings. The van der Waals surface area contributed by atoms with Crippen molar-refractivity contribution in [2.45, 2.75) is 57.5 Å². The molecule has 0 N–H and O–H groups in total. The molecule has 1 saturated heterocycles. The number of carbonyl (C=O) groups is 1. The molecular formula is C17H23NO4. The van der Waals surface area contributed by atoms with Gasteiger partial charge in [0.05, 0.1) is 12.2 Å². The first-order valence-corrected chi connectivity index (χ1v) is 7.91. The van der Waals surface area contributed by atoms with E-state index in [9.17, 15) is 10.1 Å². The highest BCUT2D eigenvalue weighted by atomic mass is 16.6. The van der Waals surface area contributed by atoms with Gasteiger partial charge in [-0.2, -0.15) is 5.26 Å². The summed E-state index contributed by atoms with van der Waals surface area (Å²) in [6.07, 6.45) is 4.52. The van der Waals surface area contributed by atoms with E-state index < -0.39 is 23.1 Å². The van der Waals surface area contributed by atoms with Crippen molar-refractivity contribution in [3.05, 3.63) is 12.2 Å². The van der Waals surface area contributed by atoms with Crippen LogP contribution in [0.3, 0.4) is 0 Å². The molecule has 2 aliphatic carbocycles. The zero-order valence-electron chi connectivity index (χ0n) is 13.5. The summed E-state index contributed by atoms with van der Waals surface area (Å²) >= 11 is 0. The Kier molecular flexibility index (Phi) is 3.58. The molecule has 5 heteroatoms. The molecule has 1 heterocycles. The first kappa shape index (κ1) is 15.5. The molecule has 0 bridgehead atoms. The number of epoxide rings is 1. The number of esters is 1. The summed E-state index contributed by atoms with van der Waals surface area (Å²) in [4.78, 5) is 12.3. The number of hydrogen-bond donors (Lipinski definition) is 0. The van der Waals surface area contributed by atoms with Crippen LogP contribution in [0.25, 0.3) is 0 Å². The van der Waals surface area contributed by atoms with Gasteiger partial charge in [0.15, 0.2) is 11.7 Å². The van der Waals surface area contributed by atoms with Crippen LogP contribution in [0, 0.1) is 28.6 Å². The van der Waals surface area contributed by atoms with Crippen LogP contribution < -0.4 is 0 Å². The lowest BCUT2D eigenvalue weighted by Gasteiger charge is -2.50. The topological polar surface area (TPSA) is 71.8 Å². The Morgan fingerprint density at radius 3 is 2.82 bits per heavy atom. The summed E-state index contributed by atoms with van der Waals surface area (Å²) in [6, 6.07) is 2.49. The van der Waals surface area contributed by atoms with Gasteiger partial charge in [0.1, 0.15) is 11.5 Å². The van der Waals surface area contributed by atoms with Gasteiger partial charge in [-0.05, 0) is 37.7 Å². The Bertz CT molecular complexity index is 553. The molecule has 0 spiro atoms. The third-order valence-electron chi connectivity index (χ3n) is 5.44. The molecule has 3 rings (SSSR count). The fourth-order valence-corrected chi connectivity index (χ4v) is 4.14. The molecule has 0 aromatic carbocycles. The summed E-state index contributed by atoms with van der Waals surface area (Å²) in [5.41, 5.74) is -1.70. The molecule has 7 atom stereocenters. The summed E-state index contributed by atoms with van der Waals surface area (Å²) in [6.45, 7) is 5.85. The third-order valence-corrected chi connectivity index (χ3v) is 5.44. The zero-order chi connectivity index (χ0) is 16.1. The largest absolute Gasteiger partial charge is 0.448 e. The Hall–Kier alpha value is -1.38. The van der Waals surface area contributed by atoms with Crippen molar-refractivity contribution in [2.24, 2.45) is 17.3 Å². The van der Waals surface area contributed by atoms with Crippen molar-refractivity contribution in [1.29, 1.82) is 5.26 Å². The number of allylic oxidation sites excluding steroid dienone is 1. The first-order chi connectivity index (χ1) is 10.4. The van der Waals surface area contributed by atoms with Crippen molar-refractivity contribution in [3.63, 3.8) is 0 Å². The van der Waals surface area contributed by atoms with Crippen LogP contribution in [-0.4, -0.2) is 37.0 Å². The first-order valence-electron chi connectivity index (χ1n) is 7.91. The highest BCUT2D eigenvalue weighted by Gasteiger charge is 2.72. The number of fused-ring (bicyclic) bond motifs is 3. The van der Waals surface area contributed by atoms with Crippen LogP contribution in [0.15, 0.2) is 12.2 Å². The molecule has 0 amide bonds. The van der Waals surface area contributed by atoms with E-state index >= 15 is 0 Å². The molecule has 22 heavy (non-hydrogen) atoms. The van der Waals surface area contributed by atoms with Gasteiger partial charge in [-0.15, -0.1) is 0 Å². The molecule has 5 nitrogen and oxygen atoms in total. The fraction of sp³-hybridized carbons (Fsp3) is 0.765. The van der Waals surface area contributed by atoms with Crippen LogP contribution in [0.1, 0.15) is 33.6 Å². The Balaban J connectivity index is 2.01. The second-order valence-corrected chi connectivity index (χ2v) is 7.03. The molecular weight excluding hydrogens is 282 g/mol. The SMILES string of the molecule is CO[C@@H](C)C(=O)O[C@]12C=C[C@@H](C)C[C@]1(C#N)C[C@@H](C)[C@@H]1O[C@@H]12. The number of hydrogen-bond acceptors (Lipinski definition) is 5. The van der Waals surface area contributed by atoms with Gasteiger partial charge in [0, 0.05) is 7.11 Å². The Morgan fingerprint density at radius 2 is 2.18 bits per heavy atom. The minimum atomic E-state index is -0.977. The van der Waals surface area contributed by atoms with Crippen molar-refractivity contribution in [2.75, 3.05) is 7.11 Å². The van der Waals surface area contributed by atoms with Crippen LogP contribution in [0.4, 0.5) is 0 Å². The molecule has 1 aliphatic heterocycles. The molecule has 1 saturated carbocycles. The average Bonchev–Trinajstić information content (AvgIpc) is 3.29. The second-order valence-electron chi connectivity index (χ2n) is 7.03. The molecule has 0 aromatic rings. The molecule has 0 unspecified atom stereocenters. The van der Waals surface area contributed by atoms with Crippen LogP contribution in [-0.2, 0) is 19.0 Å². The summed E-state index contributed by atoms with van der Waals surface area (Å²) in [5, 5.41) is 9.96. The van der Waals surface area contributed by atoms with E-state index in [0.29, 0.717) is 18.8 Å². The normalized spacial score (nSPS) is 46.9. The van der Waals surface area contributed by atoms with E-state index in [-0.39, 0.29) is 18.1 Å². The van der Waals surface area contributed by atoms with Gasteiger partial charge >= 0.3 is 5.97 Å². The third kappa shape index (κ3) is 2.01. The summed E-state index contributed by atoms with van der Waals surface area (Å²) < 4.78 is 16.8. The maximum absolute atomic E-state index is 12.3. The second kappa shape index (κ2) is 5.07. The van der Waals surface area contributed by atoms with Gasteiger partial charge in [-0.1, -0.05) is 19.9 Å². The Morgan fingerprint density at radius 1 is 1.45 bits per heavy atom. The zero-order valence-corrected chi connectivity index (χ0v) is 13.5. The molecule has 0 radical (unpaired) electrons. The van der Waals surface area contributed by atoms with Gasteiger partial charge < -0.3 is 14.2 Å². The van der Waals surface area contributed by atoms with Crippen molar-refractivity contribution >= 4 is 5.97 Å². The lowest BCUT2D eigenvalue weighted by Crippen LogP contribution is -2.60. The number of nitriles is 1. The highest BCUT2D eigenvalue weighted by molar-refractivity contribution is 5.75. The fourth-order valence-electron chi connectivity index (χ4n) is 4.14.